The van der Waals surface area contributed by atoms with E-state index >= 15 is 0 Å². The number of carbonyl (C=O) groups excluding carboxylic acids is 1. The molecule has 0 spiro atoms. The molecule has 0 aliphatic carbocycles. The molecule has 20 heavy (non-hydrogen) atoms. The molecule has 2 atom stereocenters. The van der Waals surface area contributed by atoms with Crippen molar-refractivity contribution >= 4 is 5.91 Å². The summed E-state index contributed by atoms with van der Waals surface area (Å²) in [4.78, 5) is 14.3. The summed E-state index contributed by atoms with van der Waals surface area (Å²) >= 11 is 0. The van der Waals surface area contributed by atoms with Gasteiger partial charge in [0, 0.05) is 13.0 Å². The monoisotopic (exact) mass is 284 g/mol. The first-order valence-corrected chi connectivity index (χ1v) is 8.33. The van der Waals surface area contributed by atoms with Gasteiger partial charge in [0.2, 0.25) is 5.91 Å². The molecule has 4 heteroatoms. The van der Waals surface area contributed by atoms with E-state index in [4.69, 9.17) is 5.73 Å². The fourth-order valence-electron chi connectivity index (χ4n) is 3.24. The number of hydrogen-bond acceptors (Lipinski definition) is 3. The van der Waals surface area contributed by atoms with Crippen molar-refractivity contribution in [1.82, 2.24) is 4.90 Å². The Morgan fingerprint density at radius 3 is 2.75 bits per heavy atom. The highest BCUT2D eigenvalue weighted by molar-refractivity contribution is 5.76. The maximum absolute atomic E-state index is 12.4. The van der Waals surface area contributed by atoms with Gasteiger partial charge in [0.05, 0.1) is 12.6 Å². The maximum atomic E-state index is 12.4. The molecule has 118 valence electrons. The molecule has 0 bridgehead atoms. The largest absolute Gasteiger partial charge is 0.394 e. The van der Waals surface area contributed by atoms with E-state index in [1.165, 1.54) is 6.42 Å². The van der Waals surface area contributed by atoms with Crippen molar-refractivity contribution in [3.8, 4) is 0 Å². The normalized spacial score (nSPS) is 21.6. The van der Waals surface area contributed by atoms with Gasteiger partial charge in [0.15, 0.2) is 0 Å². The third-order valence-electron chi connectivity index (χ3n) is 4.45. The Balaban J connectivity index is 2.45. The summed E-state index contributed by atoms with van der Waals surface area (Å²) < 4.78 is 0. The lowest BCUT2D eigenvalue weighted by Crippen LogP contribution is -2.42. The predicted molar refractivity (Wildman–Crippen MR) is 82.4 cm³/mol. The quantitative estimate of drug-likeness (QED) is 0.718. The molecule has 1 aliphatic heterocycles. The van der Waals surface area contributed by atoms with Gasteiger partial charge in [-0.05, 0) is 38.1 Å². The summed E-state index contributed by atoms with van der Waals surface area (Å²) in [6.45, 7) is 3.82. The summed E-state index contributed by atoms with van der Waals surface area (Å²) in [5.41, 5.74) is 5.64. The lowest BCUT2D eigenvalue weighted by molar-refractivity contribution is -0.134. The van der Waals surface area contributed by atoms with Crippen molar-refractivity contribution in [2.45, 2.75) is 70.8 Å². The molecule has 0 aromatic heterocycles. The Bertz CT molecular complexity index is 265. The van der Waals surface area contributed by atoms with Crippen LogP contribution in [0.1, 0.15) is 64.7 Å². The highest BCUT2D eigenvalue weighted by Crippen LogP contribution is 2.21. The van der Waals surface area contributed by atoms with Gasteiger partial charge in [0.1, 0.15) is 0 Å². The second kappa shape index (κ2) is 10.2. The molecule has 0 saturated carbocycles. The van der Waals surface area contributed by atoms with Crippen LogP contribution in [0.3, 0.4) is 0 Å². The Hall–Kier alpha value is -0.610. The lowest BCUT2D eigenvalue weighted by Gasteiger charge is -2.29. The van der Waals surface area contributed by atoms with Crippen molar-refractivity contribution in [2.75, 3.05) is 19.7 Å². The van der Waals surface area contributed by atoms with Crippen LogP contribution in [0, 0.1) is 5.92 Å². The fourth-order valence-corrected chi connectivity index (χ4v) is 3.24. The van der Waals surface area contributed by atoms with E-state index in [1.54, 1.807) is 0 Å². The zero-order valence-electron chi connectivity index (χ0n) is 13.0. The van der Waals surface area contributed by atoms with Crippen LogP contribution < -0.4 is 5.73 Å². The van der Waals surface area contributed by atoms with Gasteiger partial charge in [-0.3, -0.25) is 4.79 Å². The van der Waals surface area contributed by atoms with Crippen LogP contribution in [0.25, 0.3) is 0 Å². The van der Waals surface area contributed by atoms with E-state index < -0.39 is 0 Å². The van der Waals surface area contributed by atoms with Crippen LogP contribution in [-0.4, -0.2) is 41.7 Å². The number of rotatable bonds is 8. The van der Waals surface area contributed by atoms with E-state index in [1.807, 2.05) is 4.90 Å². The molecule has 0 aromatic rings. The number of hydrogen-bond donors (Lipinski definition) is 2. The zero-order chi connectivity index (χ0) is 14.8. The summed E-state index contributed by atoms with van der Waals surface area (Å²) in [7, 11) is 0. The minimum atomic E-state index is 0.0455. The predicted octanol–water partition coefficient (Wildman–Crippen LogP) is 2.30. The molecule has 0 aromatic carbocycles. The van der Waals surface area contributed by atoms with E-state index in [2.05, 4.69) is 6.92 Å². The minimum absolute atomic E-state index is 0.0455. The van der Waals surface area contributed by atoms with Crippen LogP contribution in [0.15, 0.2) is 0 Å². The fraction of sp³-hybridized carbons (Fsp3) is 0.938. The van der Waals surface area contributed by atoms with E-state index in [-0.39, 0.29) is 18.6 Å². The summed E-state index contributed by atoms with van der Waals surface area (Å²) in [6, 6.07) is 0.0455. The Morgan fingerprint density at radius 1 is 1.30 bits per heavy atom. The van der Waals surface area contributed by atoms with Gasteiger partial charge in [-0.2, -0.15) is 0 Å². The molecule has 1 amide bonds. The van der Waals surface area contributed by atoms with E-state index in [0.717, 1.165) is 51.5 Å². The van der Waals surface area contributed by atoms with E-state index in [9.17, 15) is 9.90 Å². The molecule has 3 N–H and O–H groups in total. The van der Waals surface area contributed by atoms with Gasteiger partial charge in [-0.1, -0.05) is 32.6 Å². The van der Waals surface area contributed by atoms with Gasteiger partial charge in [-0.15, -0.1) is 0 Å². The molecule has 1 saturated heterocycles. The standard InChI is InChI=1S/C16H32N2O2/c1-2-6-14(10-11-17)8-9-16(20)18-12-5-3-4-7-15(18)13-19/h14-15,19H,2-13,17H2,1H3. The first-order valence-electron chi connectivity index (χ1n) is 8.33. The van der Waals surface area contributed by atoms with Crippen molar-refractivity contribution < 1.29 is 9.90 Å². The van der Waals surface area contributed by atoms with Crippen molar-refractivity contribution in [2.24, 2.45) is 11.7 Å². The third kappa shape index (κ3) is 5.80. The Labute approximate surface area is 123 Å². The van der Waals surface area contributed by atoms with Gasteiger partial charge in [-0.25, -0.2) is 0 Å². The van der Waals surface area contributed by atoms with Gasteiger partial charge < -0.3 is 15.7 Å². The number of likely N-dealkylation sites (tertiary alicyclic amines) is 1. The lowest BCUT2D eigenvalue weighted by atomic mass is 9.94. The number of aliphatic hydroxyl groups excluding tert-OH is 1. The molecule has 1 heterocycles. The summed E-state index contributed by atoms with van der Waals surface area (Å²) in [6.07, 6.45) is 9.21. The Morgan fingerprint density at radius 2 is 2.10 bits per heavy atom. The second-order valence-electron chi connectivity index (χ2n) is 6.04. The zero-order valence-corrected chi connectivity index (χ0v) is 13.0. The van der Waals surface area contributed by atoms with Crippen molar-refractivity contribution in [3.63, 3.8) is 0 Å². The molecular formula is C16H32N2O2. The van der Waals surface area contributed by atoms with Crippen molar-refractivity contribution in [3.05, 3.63) is 0 Å². The van der Waals surface area contributed by atoms with Crippen molar-refractivity contribution in [1.29, 1.82) is 0 Å². The molecule has 1 fully saturated rings. The van der Waals surface area contributed by atoms with Crippen LogP contribution in [0.5, 0.6) is 0 Å². The third-order valence-corrected chi connectivity index (χ3v) is 4.45. The summed E-state index contributed by atoms with van der Waals surface area (Å²) in [5.74, 6) is 0.803. The van der Waals surface area contributed by atoms with Crippen LogP contribution in [0.2, 0.25) is 0 Å². The second-order valence-corrected chi connectivity index (χ2v) is 6.04. The average molecular weight is 284 g/mol. The number of amides is 1. The number of nitrogens with zero attached hydrogens (tertiary/aromatic N) is 1. The highest BCUT2D eigenvalue weighted by atomic mass is 16.3. The first kappa shape index (κ1) is 17.4. The highest BCUT2D eigenvalue weighted by Gasteiger charge is 2.24. The first-order chi connectivity index (χ1) is 9.72. The molecular weight excluding hydrogens is 252 g/mol. The number of nitrogens with two attached hydrogens (primary N) is 1. The molecule has 1 aliphatic rings. The average Bonchev–Trinajstić information content (AvgIpc) is 2.70. The summed E-state index contributed by atoms with van der Waals surface area (Å²) in [5, 5.41) is 9.47. The molecule has 0 radical (unpaired) electrons. The van der Waals surface area contributed by atoms with Gasteiger partial charge in [0.25, 0.3) is 0 Å². The maximum Gasteiger partial charge on any atom is 0.222 e. The van der Waals surface area contributed by atoms with Gasteiger partial charge >= 0.3 is 0 Å². The number of carbonyl (C=O) groups is 1. The molecule has 4 nitrogen and oxygen atoms in total. The number of aliphatic hydroxyl groups is 1. The molecule has 2 unspecified atom stereocenters. The minimum Gasteiger partial charge on any atom is -0.394 e. The van der Waals surface area contributed by atoms with E-state index in [0.29, 0.717) is 18.9 Å². The Kier molecular flexibility index (Phi) is 8.86. The smallest absolute Gasteiger partial charge is 0.222 e. The van der Waals surface area contributed by atoms with Crippen LogP contribution >= 0.6 is 0 Å². The molecule has 1 rings (SSSR count). The van der Waals surface area contributed by atoms with Crippen LogP contribution in [-0.2, 0) is 4.79 Å². The topological polar surface area (TPSA) is 66.6 Å². The van der Waals surface area contributed by atoms with Crippen LogP contribution in [0.4, 0.5) is 0 Å². The SMILES string of the molecule is CCCC(CCN)CCC(=O)N1CCCCCC1CO.